The number of hydrogen-bond donors (Lipinski definition) is 1. The van der Waals surface area contributed by atoms with E-state index in [1.165, 1.54) is 0 Å². The molecule has 0 saturated carbocycles. The molecule has 1 fully saturated rings. The van der Waals surface area contributed by atoms with Gasteiger partial charge in [0.1, 0.15) is 0 Å². The Hall–Kier alpha value is -1.06. The summed E-state index contributed by atoms with van der Waals surface area (Å²) >= 11 is 0. The van der Waals surface area contributed by atoms with Gasteiger partial charge in [-0.2, -0.15) is 0 Å². The molecule has 0 radical (unpaired) electrons. The zero-order valence-corrected chi connectivity index (χ0v) is 9.80. The Morgan fingerprint density at radius 3 is 2.73 bits per heavy atom. The standard InChI is InChI=1S/C11H20N2O2/c1-11(2,3)7-10(15)13-6-4-5-12-9(14)8-13/h4-8H2,1-3H3,(H,12,14). The van der Waals surface area contributed by atoms with Crippen LogP contribution in [0.25, 0.3) is 0 Å². The van der Waals surface area contributed by atoms with Gasteiger partial charge in [0.25, 0.3) is 0 Å². The molecule has 0 aromatic carbocycles. The third-order valence-corrected chi connectivity index (χ3v) is 2.30. The minimum absolute atomic E-state index is 0.0140. The summed E-state index contributed by atoms with van der Waals surface area (Å²) in [6.07, 6.45) is 1.35. The lowest BCUT2D eigenvalue weighted by Gasteiger charge is -2.24. The van der Waals surface area contributed by atoms with Gasteiger partial charge >= 0.3 is 0 Å². The highest BCUT2D eigenvalue weighted by atomic mass is 16.2. The molecule has 0 spiro atoms. The summed E-state index contributed by atoms with van der Waals surface area (Å²) in [5.74, 6) is 0.0364. The van der Waals surface area contributed by atoms with Gasteiger partial charge in [-0.05, 0) is 11.8 Å². The highest BCUT2D eigenvalue weighted by Crippen LogP contribution is 2.20. The molecule has 1 rings (SSSR count). The summed E-state index contributed by atoms with van der Waals surface area (Å²) in [4.78, 5) is 24.8. The molecule has 4 heteroatoms. The molecule has 0 aliphatic carbocycles. The first kappa shape index (κ1) is 12.0. The van der Waals surface area contributed by atoms with E-state index in [2.05, 4.69) is 5.32 Å². The Bertz CT molecular complexity index is 256. The quantitative estimate of drug-likeness (QED) is 0.698. The van der Waals surface area contributed by atoms with Crippen molar-refractivity contribution in [1.82, 2.24) is 10.2 Å². The maximum Gasteiger partial charge on any atom is 0.239 e. The predicted octanol–water partition coefficient (Wildman–Crippen LogP) is 0.771. The molecule has 15 heavy (non-hydrogen) atoms. The smallest absolute Gasteiger partial charge is 0.239 e. The summed E-state index contributed by atoms with van der Waals surface area (Å²) in [6, 6.07) is 0. The molecule has 0 aromatic rings. The number of carbonyl (C=O) groups is 2. The van der Waals surface area contributed by atoms with Crippen molar-refractivity contribution in [2.75, 3.05) is 19.6 Å². The minimum Gasteiger partial charge on any atom is -0.354 e. The number of carbonyl (C=O) groups excluding carboxylic acids is 2. The Kier molecular flexibility index (Phi) is 3.72. The van der Waals surface area contributed by atoms with E-state index in [-0.39, 0.29) is 23.8 Å². The number of hydrogen-bond acceptors (Lipinski definition) is 2. The summed E-state index contributed by atoms with van der Waals surface area (Å²) in [7, 11) is 0. The molecule has 2 amide bonds. The van der Waals surface area contributed by atoms with Crippen molar-refractivity contribution in [2.45, 2.75) is 33.6 Å². The van der Waals surface area contributed by atoms with Crippen molar-refractivity contribution < 1.29 is 9.59 Å². The predicted molar refractivity (Wildman–Crippen MR) is 58.3 cm³/mol. The maximum atomic E-state index is 11.9. The zero-order chi connectivity index (χ0) is 11.5. The minimum atomic E-state index is -0.0465. The fraction of sp³-hybridized carbons (Fsp3) is 0.818. The highest BCUT2D eigenvalue weighted by molar-refractivity contribution is 5.85. The lowest BCUT2D eigenvalue weighted by Crippen LogP contribution is -2.38. The zero-order valence-electron chi connectivity index (χ0n) is 9.80. The lowest BCUT2D eigenvalue weighted by molar-refractivity contribution is -0.136. The molecule has 1 N–H and O–H groups in total. The molecule has 1 aliphatic heterocycles. The Labute approximate surface area is 91.0 Å². The first-order valence-corrected chi connectivity index (χ1v) is 5.43. The second-order valence-corrected chi connectivity index (χ2v) is 5.26. The number of rotatable bonds is 1. The van der Waals surface area contributed by atoms with E-state index >= 15 is 0 Å². The summed E-state index contributed by atoms with van der Waals surface area (Å²) in [6.45, 7) is 7.68. The van der Waals surface area contributed by atoms with E-state index in [1.54, 1.807) is 4.90 Å². The van der Waals surface area contributed by atoms with Crippen LogP contribution >= 0.6 is 0 Å². The van der Waals surface area contributed by atoms with Gasteiger partial charge in [-0.25, -0.2) is 0 Å². The van der Waals surface area contributed by atoms with Crippen molar-refractivity contribution >= 4 is 11.8 Å². The van der Waals surface area contributed by atoms with E-state index in [0.717, 1.165) is 6.42 Å². The highest BCUT2D eigenvalue weighted by Gasteiger charge is 2.23. The van der Waals surface area contributed by atoms with Crippen molar-refractivity contribution in [3.05, 3.63) is 0 Å². The van der Waals surface area contributed by atoms with Gasteiger partial charge in [0.15, 0.2) is 0 Å². The van der Waals surface area contributed by atoms with Gasteiger partial charge in [-0.15, -0.1) is 0 Å². The monoisotopic (exact) mass is 212 g/mol. The first-order chi connectivity index (χ1) is 6.88. The molecule has 1 aliphatic rings. The van der Waals surface area contributed by atoms with Crippen LogP contribution in [0.2, 0.25) is 0 Å². The summed E-state index contributed by atoms with van der Waals surface area (Å²) in [5.41, 5.74) is -0.0140. The Morgan fingerprint density at radius 1 is 1.47 bits per heavy atom. The molecule has 86 valence electrons. The van der Waals surface area contributed by atoms with E-state index < -0.39 is 0 Å². The normalized spacial score (nSPS) is 18.3. The Morgan fingerprint density at radius 2 is 2.13 bits per heavy atom. The SMILES string of the molecule is CC(C)(C)CC(=O)N1CCCNC(=O)C1. The van der Waals surface area contributed by atoms with Crippen LogP contribution in [0.4, 0.5) is 0 Å². The lowest BCUT2D eigenvalue weighted by atomic mass is 9.91. The third-order valence-electron chi connectivity index (χ3n) is 2.30. The van der Waals surface area contributed by atoms with E-state index in [1.807, 2.05) is 20.8 Å². The Balaban J connectivity index is 2.54. The maximum absolute atomic E-state index is 11.9. The number of amides is 2. The number of nitrogens with zero attached hydrogens (tertiary/aromatic N) is 1. The van der Waals surface area contributed by atoms with Gasteiger partial charge in [0.05, 0.1) is 6.54 Å². The van der Waals surface area contributed by atoms with Crippen LogP contribution in [0.15, 0.2) is 0 Å². The second kappa shape index (κ2) is 4.64. The van der Waals surface area contributed by atoms with E-state index in [0.29, 0.717) is 19.5 Å². The van der Waals surface area contributed by atoms with E-state index in [4.69, 9.17) is 0 Å². The fourth-order valence-corrected chi connectivity index (χ4v) is 1.58. The van der Waals surface area contributed by atoms with Crippen LogP contribution in [0.1, 0.15) is 33.6 Å². The van der Waals surface area contributed by atoms with Crippen LogP contribution in [-0.4, -0.2) is 36.3 Å². The molecular formula is C11H20N2O2. The molecule has 1 heterocycles. The third kappa shape index (κ3) is 4.32. The van der Waals surface area contributed by atoms with Gasteiger partial charge < -0.3 is 10.2 Å². The largest absolute Gasteiger partial charge is 0.354 e. The van der Waals surface area contributed by atoms with Gasteiger partial charge in [-0.3, -0.25) is 9.59 Å². The van der Waals surface area contributed by atoms with Crippen molar-refractivity contribution in [3.63, 3.8) is 0 Å². The van der Waals surface area contributed by atoms with Gasteiger partial charge in [-0.1, -0.05) is 20.8 Å². The first-order valence-electron chi connectivity index (χ1n) is 5.43. The second-order valence-electron chi connectivity index (χ2n) is 5.26. The molecule has 0 bridgehead atoms. The van der Waals surface area contributed by atoms with Gasteiger partial charge in [0, 0.05) is 19.5 Å². The van der Waals surface area contributed by atoms with Gasteiger partial charge in [0.2, 0.25) is 11.8 Å². The van der Waals surface area contributed by atoms with E-state index in [9.17, 15) is 9.59 Å². The topological polar surface area (TPSA) is 49.4 Å². The molecular weight excluding hydrogens is 192 g/mol. The van der Waals surface area contributed by atoms with Crippen LogP contribution < -0.4 is 5.32 Å². The summed E-state index contributed by atoms with van der Waals surface area (Å²) in [5, 5.41) is 2.76. The molecule has 1 saturated heterocycles. The van der Waals surface area contributed by atoms with Crippen molar-refractivity contribution in [2.24, 2.45) is 5.41 Å². The fourth-order valence-electron chi connectivity index (χ4n) is 1.58. The molecule has 0 aromatic heterocycles. The summed E-state index contributed by atoms with van der Waals surface area (Å²) < 4.78 is 0. The average Bonchev–Trinajstić information content (AvgIpc) is 2.26. The average molecular weight is 212 g/mol. The van der Waals surface area contributed by atoms with Crippen molar-refractivity contribution in [1.29, 1.82) is 0 Å². The molecule has 4 nitrogen and oxygen atoms in total. The van der Waals surface area contributed by atoms with Crippen LogP contribution in [0.5, 0.6) is 0 Å². The van der Waals surface area contributed by atoms with Crippen LogP contribution in [0.3, 0.4) is 0 Å². The van der Waals surface area contributed by atoms with Crippen LogP contribution in [0, 0.1) is 5.41 Å². The molecule has 0 unspecified atom stereocenters. The number of nitrogens with one attached hydrogen (secondary N) is 1. The van der Waals surface area contributed by atoms with Crippen molar-refractivity contribution in [3.8, 4) is 0 Å². The molecule has 0 atom stereocenters. The van der Waals surface area contributed by atoms with Crippen LogP contribution in [-0.2, 0) is 9.59 Å².